The Morgan fingerprint density at radius 1 is 1.43 bits per heavy atom. The molecule has 0 aliphatic rings. The lowest BCUT2D eigenvalue weighted by atomic mass is 10.1. The van der Waals surface area contributed by atoms with E-state index >= 15 is 0 Å². The van der Waals surface area contributed by atoms with Gasteiger partial charge in [0.15, 0.2) is 0 Å². The van der Waals surface area contributed by atoms with Crippen molar-refractivity contribution in [1.29, 1.82) is 5.26 Å². The molecule has 0 spiro atoms. The summed E-state index contributed by atoms with van der Waals surface area (Å²) < 4.78 is 37.0. The van der Waals surface area contributed by atoms with Crippen LogP contribution in [0.4, 0.5) is 13.2 Å². The Morgan fingerprint density at radius 2 is 2.07 bits per heavy atom. The molecule has 1 aromatic rings. The van der Waals surface area contributed by atoms with Gasteiger partial charge in [0.25, 0.3) is 0 Å². The van der Waals surface area contributed by atoms with Gasteiger partial charge in [-0.15, -0.1) is 0 Å². The third-order valence-corrected chi connectivity index (χ3v) is 1.68. The van der Waals surface area contributed by atoms with Gasteiger partial charge in [-0.3, -0.25) is 0 Å². The van der Waals surface area contributed by atoms with E-state index in [4.69, 9.17) is 5.26 Å². The standard InChI is InChI=1S/C9H7F3N2/c1-6-2-3-7(4-5-13)14-8(6)9(10,11)12/h2-3H,4H2,1H3. The predicted molar refractivity (Wildman–Crippen MR) is 43.3 cm³/mol. The largest absolute Gasteiger partial charge is 0.433 e. The van der Waals surface area contributed by atoms with Crippen molar-refractivity contribution in [3.8, 4) is 6.07 Å². The zero-order valence-corrected chi connectivity index (χ0v) is 7.39. The molecule has 1 aromatic heterocycles. The van der Waals surface area contributed by atoms with Crippen molar-refractivity contribution in [2.75, 3.05) is 0 Å². The number of nitrogens with zero attached hydrogens (tertiary/aromatic N) is 2. The first-order valence-electron chi connectivity index (χ1n) is 3.86. The zero-order chi connectivity index (χ0) is 10.8. The topological polar surface area (TPSA) is 36.7 Å². The van der Waals surface area contributed by atoms with Gasteiger partial charge in [-0.05, 0) is 18.6 Å². The van der Waals surface area contributed by atoms with Gasteiger partial charge < -0.3 is 0 Å². The molecular weight excluding hydrogens is 193 g/mol. The third-order valence-electron chi connectivity index (χ3n) is 1.68. The van der Waals surface area contributed by atoms with E-state index in [2.05, 4.69) is 4.98 Å². The van der Waals surface area contributed by atoms with Gasteiger partial charge in [0, 0.05) is 0 Å². The van der Waals surface area contributed by atoms with Crippen LogP contribution in [-0.2, 0) is 12.6 Å². The van der Waals surface area contributed by atoms with Crippen LogP contribution in [0.5, 0.6) is 0 Å². The Hall–Kier alpha value is -1.57. The first-order chi connectivity index (χ1) is 6.45. The summed E-state index contributed by atoms with van der Waals surface area (Å²) >= 11 is 0. The number of alkyl halides is 3. The molecule has 0 aliphatic carbocycles. The molecular formula is C9H7F3N2. The summed E-state index contributed by atoms with van der Waals surface area (Å²) in [6.45, 7) is 1.34. The van der Waals surface area contributed by atoms with Crippen molar-refractivity contribution in [3.05, 3.63) is 29.1 Å². The van der Waals surface area contributed by atoms with Gasteiger partial charge in [-0.25, -0.2) is 4.98 Å². The molecule has 0 unspecified atom stereocenters. The lowest BCUT2D eigenvalue weighted by molar-refractivity contribution is -0.141. The van der Waals surface area contributed by atoms with Crippen molar-refractivity contribution < 1.29 is 13.2 Å². The summed E-state index contributed by atoms with van der Waals surface area (Å²) in [7, 11) is 0. The van der Waals surface area contributed by atoms with E-state index in [9.17, 15) is 13.2 Å². The van der Waals surface area contributed by atoms with Crippen LogP contribution in [0, 0.1) is 18.3 Å². The second-order valence-corrected chi connectivity index (χ2v) is 2.80. The van der Waals surface area contributed by atoms with Crippen LogP contribution in [0.25, 0.3) is 0 Å². The highest BCUT2D eigenvalue weighted by molar-refractivity contribution is 5.24. The second-order valence-electron chi connectivity index (χ2n) is 2.80. The van der Waals surface area contributed by atoms with E-state index in [0.29, 0.717) is 0 Å². The molecule has 0 N–H and O–H groups in total. The monoisotopic (exact) mass is 200 g/mol. The highest BCUT2D eigenvalue weighted by Crippen LogP contribution is 2.30. The predicted octanol–water partition coefficient (Wildman–Crippen LogP) is 2.47. The number of pyridine rings is 1. The van der Waals surface area contributed by atoms with Gasteiger partial charge >= 0.3 is 6.18 Å². The molecule has 0 aliphatic heterocycles. The van der Waals surface area contributed by atoms with E-state index < -0.39 is 11.9 Å². The fraction of sp³-hybridized carbons (Fsp3) is 0.333. The van der Waals surface area contributed by atoms with Crippen LogP contribution in [0.2, 0.25) is 0 Å². The lowest BCUT2D eigenvalue weighted by Crippen LogP contribution is -2.11. The summed E-state index contributed by atoms with van der Waals surface area (Å²) in [4.78, 5) is 3.39. The molecule has 2 nitrogen and oxygen atoms in total. The maximum Gasteiger partial charge on any atom is 0.433 e. The molecule has 0 fully saturated rings. The van der Waals surface area contributed by atoms with Gasteiger partial charge in [0.1, 0.15) is 5.69 Å². The molecule has 0 amide bonds. The molecule has 1 heterocycles. The van der Waals surface area contributed by atoms with Crippen LogP contribution >= 0.6 is 0 Å². The van der Waals surface area contributed by atoms with Gasteiger partial charge in [-0.2, -0.15) is 18.4 Å². The fourth-order valence-electron chi connectivity index (χ4n) is 1.04. The summed E-state index contributed by atoms with van der Waals surface area (Å²) in [5.74, 6) is 0. The molecule has 74 valence electrons. The molecule has 0 saturated carbocycles. The van der Waals surface area contributed by atoms with Crippen LogP contribution in [0.15, 0.2) is 12.1 Å². The van der Waals surface area contributed by atoms with Crippen molar-refractivity contribution in [1.82, 2.24) is 4.98 Å². The van der Waals surface area contributed by atoms with Crippen LogP contribution in [-0.4, -0.2) is 4.98 Å². The minimum absolute atomic E-state index is 0.0687. The van der Waals surface area contributed by atoms with Crippen LogP contribution in [0.1, 0.15) is 17.0 Å². The SMILES string of the molecule is Cc1ccc(CC#N)nc1C(F)(F)F. The number of halogens is 3. The maximum absolute atomic E-state index is 12.3. The Bertz CT molecular complexity index is 377. The molecule has 0 saturated heterocycles. The number of hydrogen-bond donors (Lipinski definition) is 0. The second kappa shape index (κ2) is 3.66. The van der Waals surface area contributed by atoms with Crippen molar-refractivity contribution >= 4 is 0 Å². The van der Waals surface area contributed by atoms with Crippen molar-refractivity contribution in [2.24, 2.45) is 0 Å². The highest BCUT2D eigenvalue weighted by Gasteiger charge is 2.34. The van der Waals surface area contributed by atoms with E-state index in [1.165, 1.54) is 19.1 Å². The molecule has 5 heteroatoms. The van der Waals surface area contributed by atoms with Crippen molar-refractivity contribution in [2.45, 2.75) is 19.5 Å². The maximum atomic E-state index is 12.3. The summed E-state index contributed by atoms with van der Waals surface area (Å²) in [6.07, 6.45) is -4.56. The highest BCUT2D eigenvalue weighted by atomic mass is 19.4. The minimum Gasteiger partial charge on any atom is -0.247 e. The Labute approximate surface area is 79.0 Å². The quantitative estimate of drug-likeness (QED) is 0.698. The average Bonchev–Trinajstić information content (AvgIpc) is 2.07. The zero-order valence-electron chi connectivity index (χ0n) is 7.39. The molecule has 0 radical (unpaired) electrons. The smallest absolute Gasteiger partial charge is 0.247 e. The van der Waals surface area contributed by atoms with Gasteiger partial charge in [-0.1, -0.05) is 6.07 Å². The molecule has 0 bridgehead atoms. The number of rotatable bonds is 1. The first kappa shape index (κ1) is 10.5. The van der Waals surface area contributed by atoms with E-state index in [1.54, 1.807) is 6.07 Å². The van der Waals surface area contributed by atoms with Crippen molar-refractivity contribution in [3.63, 3.8) is 0 Å². The molecule has 1 rings (SSSR count). The summed E-state index contributed by atoms with van der Waals surface area (Å²) in [5.41, 5.74) is -0.699. The van der Waals surface area contributed by atoms with Gasteiger partial charge in [0.2, 0.25) is 0 Å². The van der Waals surface area contributed by atoms with E-state index in [0.717, 1.165) is 0 Å². The fourth-order valence-corrected chi connectivity index (χ4v) is 1.04. The molecule has 0 aromatic carbocycles. The lowest BCUT2D eigenvalue weighted by Gasteiger charge is -2.09. The summed E-state index contributed by atoms with van der Waals surface area (Å²) in [5, 5.41) is 8.31. The Kier molecular flexibility index (Phi) is 2.75. The number of aryl methyl sites for hydroxylation is 1. The van der Waals surface area contributed by atoms with Crippen LogP contribution < -0.4 is 0 Å². The van der Waals surface area contributed by atoms with Gasteiger partial charge in [0.05, 0.1) is 18.2 Å². The minimum atomic E-state index is -4.45. The number of nitriles is 1. The number of aromatic nitrogens is 1. The molecule has 14 heavy (non-hydrogen) atoms. The molecule has 0 atom stereocenters. The third kappa shape index (κ3) is 2.22. The van der Waals surface area contributed by atoms with E-state index in [1.807, 2.05) is 0 Å². The van der Waals surface area contributed by atoms with E-state index in [-0.39, 0.29) is 17.7 Å². The average molecular weight is 200 g/mol. The first-order valence-corrected chi connectivity index (χ1v) is 3.86. The normalized spacial score (nSPS) is 11.1. The van der Waals surface area contributed by atoms with Crippen LogP contribution in [0.3, 0.4) is 0 Å². The Balaban J connectivity index is 3.17. The Morgan fingerprint density at radius 3 is 2.57 bits per heavy atom. The summed E-state index contributed by atoms with van der Waals surface area (Å²) in [6, 6.07) is 4.50. The number of hydrogen-bond acceptors (Lipinski definition) is 2.